The normalized spacial score (nSPS) is 10.6. The maximum absolute atomic E-state index is 12.3. The predicted octanol–water partition coefficient (Wildman–Crippen LogP) is 5.49. The van der Waals surface area contributed by atoms with Gasteiger partial charge in [0.15, 0.2) is 0 Å². The number of aromatic nitrogens is 3. The number of hydrogen-bond donors (Lipinski definition) is 1. The molecule has 4 rings (SSSR count). The lowest BCUT2D eigenvalue weighted by Crippen LogP contribution is -2.14. The first kappa shape index (κ1) is 25.3. The molecule has 0 unspecified atom stereocenters. The molecular weight excluding hydrogens is 496 g/mol. The van der Waals surface area contributed by atoms with Crippen molar-refractivity contribution in [3.63, 3.8) is 0 Å². The molecule has 0 aliphatic carbocycles. The van der Waals surface area contributed by atoms with Gasteiger partial charge in [0.1, 0.15) is 21.5 Å². The number of carbonyl (C=O) groups excluding carboxylic acids is 2. The van der Waals surface area contributed by atoms with E-state index in [1.54, 1.807) is 49.6 Å². The number of ether oxygens (including phenoxy) is 2. The Morgan fingerprint density at radius 1 is 1.00 bits per heavy atom. The van der Waals surface area contributed by atoms with E-state index in [0.29, 0.717) is 22.9 Å². The number of anilines is 1. The molecule has 1 amide bonds. The van der Waals surface area contributed by atoms with Crippen LogP contribution in [0.25, 0.3) is 21.1 Å². The van der Waals surface area contributed by atoms with E-state index in [1.807, 2.05) is 43.3 Å². The quantitative estimate of drug-likeness (QED) is 0.228. The van der Waals surface area contributed by atoms with Crippen molar-refractivity contribution in [1.29, 1.82) is 0 Å². The Balaban J connectivity index is 1.34. The van der Waals surface area contributed by atoms with Gasteiger partial charge in [-0.1, -0.05) is 11.8 Å². The van der Waals surface area contributed by atoms with Crippen LogP contribution in [0.5, 0.6) is 5.75 Å². The number of hydrogen-bond acceptors (Lipinski definition) is 9. The lowest BCUT2D eigenvalue weighted by atomic mass is 10.2. The van der Waals surface area contributed by atoms with Gasteiger partial charge in [0.2, 0.25) is 5.91 Å². The van der Waals surface area contributed by atoms with E-state index in [4.69, 9.17) is 9.47 Å². The Hall–Kier alpha value is -3.76. The number of nitrogens with zero attached hydrogens (tertiary/aromatic N) is 3. The molecular formula is C26H24N4O4S2. The molecule has 0 aliphatic rings. The van der Waals surface area contributed by atoms with Gasteiger partial charge in [0, 0.05) is 11.3 Å². The topological polar surface area (TPSA) is 103 Å². The van der Waals surface area contributed by atoms with E-state index >= 15 is 0 Å². The molecule has 10 heteroatoms. The number of aryl methyl sites for hydroxylation is 1. The zero-order chi connectivity index (χ0) is 25.5. The van der Waals surface area contributed by atoms with Crippen LogP contribution < -0.4 is 10.1 Å². The SMILES string of the molecule is CCOC(=O)c1ccc(NC(=O)CSc2ccc(-c3sc(-c4ccc(OC)cc4)nc3C)nn2)cc1. The Morgan fingerprint density at radius 3 is 2.39 bits per heavy atom. The van der Waals surface area contributed by atoms with Crippen LogP contribution in [0.2, 0.25) is 0 Å². The second-order valence-electron chi connectivity index (χ2n) is 7.55. The number of esters is 1. The van der Waals surface area contributed by atoms with Crippen LogP contribution in [0.3, 0.4) is 0 Å². The third-order valence-electron chi connectivity index (χ3n) is 5.04. The first-order valence-corrected chi connectivity index (χ1v) is 12.9. The van der Waals surface area contributed by atoms with Crippen LogP contribution in [-0.2, 0) is 9.53 Å². The predicted molar refractivity (Wildman–Crippen MR) is 142 cm³/mol. The first-order chi connectivity index (χ1) is 17.5. The molecule has 36 heavy (non-hydrogen) atoms. The second-order valence-corrected chi connectivity index (χ2v) is 9.55. The highest BCUT2D eigenvalue weighted by atomic mass is 32.2. The molecule has 2 heterocycles. The van der Waals surface area contributed by atoms with Crippen molar-refractivity contribution in [1.82, 2.24) is 15.2 Å². The lowest BCUT2D eigenvalue weighted by molar-refractivity contribution is -0.113. The van der Waals surface area contributed by atoms with Gasteiger partial charge in [-0.3, -0.25) is 4.79 Å². The molecule has 0 spiro atoms. The van der Waals surface area contributed by atoms with E-state index in [1.165, 1.54) is 11.8 Å². The van der Waals surface area contributed by atoms with Crippen molar-refractivity contribution in [3.8, 4) is 26.9 Å². The van der Waals surface area contributed by atoms with Crippen molar-refractivity contribution < 1.29 is 19.1 Å². The molecule has 2 aromatic carbocycles. The number of thioether (sulfide) groups is 1. The van der Waals surface area contributed by atoms with Gasteiger partial charge in [0.05, 0.1) is 35.6 Å². The second kappa shape index (κ2) is 11.8. The summed E-state index contributed by atoms with van der Waals surface area (Å²) in [7, 11) is 1.64. The van der Waals surface area contributed by atoms with E-state index < -0.39 is 5.97 Å². The van der Waals surface area contributed by atoms with Gasteiger partial charge in [-0.25, -0.2) is 9.78 Å². The Bertz CT molecular complexity index is 1340. The molecule has 0 radical (unpaired) electrons. The monoisotopic (exact) mass is 520 g/mol. The summed E-state index contributed by atoms with van der Waals surface area (Å²) in [6.07, 6.45) is 0. The zero-order valence-corrected chi connectivity index (χ0v) is 21.6. The fourth-order valence-electron chi connectivity index (χ4n) is 3.25. The minimum atomic E-state index is -0.390. The fourth-order valence-corrected chi connectivity index (χ4v) is 4.90. The summed E-state index contributed by atoms with van der Waals surface area (Å²) in [5.41, 5.74) is 3.67. The Kier molecular flexibility index (Phi) is 8.29. The molecule has 8 nitrogen and oxygen atoms in total. The van der Waals surface area contributed by atoms with Crippen molar-refractivity contribution in [3.05, 3.63) is 71.9 Å². The smallest absolute Gasteiger partial charge is 0.338 e. The third-order valence-corrected chi connectivity index (χ3v) is 7.19. The zero-order valence-electron chi connectivity index (χ0n) is 20.0. The summed E-state index contributed by atoms with van der Waals surface area (Å²) < 4.78 is 10.2. The van der Waals surface area contributed by atoms with Crippen molar-refractivity contribution >= 4 is 40.7 Å². The summed E-state index contributed by atoms with van der Waals surface area (Å²) in [5, 5.41) is 13.0. The van der Waals surface area contributed by atoms with Crippen LogP contribution in [-0.4, -0.2) is 46.5 Å². The summed E-state index contributed by atoms with van der Waals surface area (Å²) in [6, 6.07) is 18.1. The number of methoxy groups -OCH3 is 1. The number of thiazole rings is 1. The number of carbonyl (C=O) groups is 2. The average Bonchev–Trinajstić information content (AvgIpc) is 3.30. The minimum absolute atomic E-state index is 0.175. The number of amides is 1. The summed E-state index contributed by atoms with van der Waals surface area (Å²) in [5.74, 6) is 0.400. The number of nitrogens with one attached hydrogen (secondary N) is 1. The summed E-state index contributed by atoms with van der Waals surface area (Å²) in [4.78, 5) is 29.7. The third kappa shape index (κ3) is 6.27. The Morgan fingerprint density at radius 2 is 1.75 bits per heavy atom. The summed E-state index contributed by atoms with van der Waals surface area (Å²) in [6.45, 7) is 4.02. The van der Waals surface area contributed by atoms with Crippen molar-refractivity contribution in [2.75, 3.05) is 24.8 Å². The maximum atomic E-state index is 12.3. The van der Waals surface area contributed by atoms with Gasteiger partial charge in [0.25, 0.3) is 0 Å². The summed E-state index contributed by atoms with van der Waals surface area (Å²) >= 11 is 2.85. The standard InChI is InChI=1S/C26H24N4O4S2/c1-4-34-26(32)18-5-9-19(10-6-18)28-22(31)15-35-23-14-13-21(29-30-23)24-16(2)27-25(36-24)17-7-11-20(33-3)12-8-17/h5-14H,4,15H2,1-3H3,(H,28,31). The van der Waals surface area contributed by atoms with Crippen LogP contribution in [0, 0.1) is 6.92 Å². The Labute approximate surface area is 217 Å². The van der Waals surface area contributed by atoms with Gasteiger partial charge in [-0.05, 0) is 74.5 Å². The van der Waals surface area contributed by atoms with Crippen molar-refractivity contribution in [2.24, 2.45) is 0 Å². The highest BCUT2D eigenvalue weighted by Crippen LogP contribution is 2.35. The molecule has 184 valence electrons. The van der Waals surface area contributed by atoms with E-state index in [0.717, 1.165) is 32.6 Å². The number of benzene rings is 2. The van der Waals surface area contributed by atoms with Gasteiger partial charge in [-0.2, -0.15) is 0 Å². The molecule has 0 aliphatic heterocycles. The van der Waals surface area contributed by atoms with E-state index in [9.17, 15) is 9.59 Å². The van der Waals surface area contributed by atoms with Crippen molar-refractivity contribution in [2.45, 2.75) is 18.9 Å². The molecule has 0 bridgehead atoms. The van der Waals surface area contributed by atoms with Crippen LogP contribution in [0.4, 0.5) is 5.69 Å². The van der Waals surface area contributed by atoms with Crippen LogP contribution in [0.15, 0.2) is 65.7 Å². The van der Waals surface area contributed by atoms with Crippen LogP contribution >= 0.6 is 23.1 Å². The van der Waals surface area contributed by atoms with E-state index in [2.05, 4.69) is 20.5 Å². The molecule has 0 saturated carbocycles. The lowest BCUT2D eigenvalue weighted by Gasteiger charge is -2.06. The van der Waals surface area contributed by atoms with E-state index in [-0.39, 0.29) is 11.7 Å². The van der Waals surface area contributed by atoms with Gasteiger partial charge < -0.3 is 14.8 Å². The fraction of sp³-hybridized carbons (Fsp3) is 0.192. The minimum Gasteiger partial charge on any atom is -0.497 e. The molecule has 0 saturated heterocycles. The molecule has 1 N–H and O–H groups in total. The average molecular weight is 521 g/mol. The van der Waals surface area contributed by atoms with Crippen LogP contribution in [0.1, 0.15) is 23.0 Å². The first-order valence-electron chi connectivity index (χ1n) is 11.1. The largest absolute Gasteiger partial charge is 0.497 e. The maximum Gasteiger partial charge on any atom is 0.338 e. The van der Waals surface area contributed by atoms with Gasteiger partial charge >= 0.3 is 5.97 Å². The molecule has 2 aromatic heterocycles. The highest BCUT2D eigenvalue weighted by molar-refractivity contribution is 7.99. The van der Waals surface area contributed by atoms with Gasteiger partial charge in [-0.15, -0.1) is 21.5 Å². The number of rotatable bonds is 9. The highest BCUT2D eigenvalue weighted by Gasteiger charge is 2.14. The molecule has 0 atom stereocenters. The molecule has 4 aromatic rings. The molecule has 0 fully saturated rings.